The number of nitrogens with one attached hydrogen (secondary N) is 1. The van der Waals surface area contributed by atoms with Crippen molar-refractivity contribution in [3.8, 4) is 0 Å². The molecule has 19 heavy (non-hydrogen) atoms. The monoisotopic (exact) mass is 277 g/mol. The van der Waals surface area contributed by atoms with Crippen LogP contribution in [0.4, 0.5) is 0 Å². The molecule has 2 aliphatic rings. The van der Waals surface area contributed by atoms with E-state index in [4.69, 9.17) is 0 Å². The van der Waals surface area contributed by atoms with Gasteiger partial charge in [0.1, 0.15) is 0 Å². The zero-order chi connectivity index (χ0) is 13.3. The average Bonchev–Trinajstić information content (AvgIpc) is 3.09. The van der Waals surface area contributed by atoms with Crippen LogP contribution in [-0.4, -0.2) is 34.7 Å². The van der Waals surface area contributed by atoms with Gasteiger partial charge in [-0.15, -0.1) is 0 Å². The van der Waals surface area contributed by atoms with Crippen molar-refractivity contribution in [2.24, 2.45) is 5.92 Å². The average molecular weight is 277 g/mol. The Bertz CT molecular complexity index is 456. The van der Waals surface area contributed by atoms with Crippen molar-refractivity contribution in [3.63, 3.8) is 0 Å². The van der Waals surface area contributed by atoms with Gasteiger partial charge in [-0.2, -0.15) is 11.8 Å². The van der Waals surface area contributed by atoms with E-state index in [1.165, 1.54) is 5.56 Å². The Morgan fingerprint density at radius 3 is 2.89 bits per heavy atom. The molecule has 3 atom stereocenters. The molecule has 1 aromatic rings. The van der Waals surface area contributed by atoms with Crippen LogP contribution in [0.25, 0.3) is 0 Å². The second kappa shape index (κ2) is 5.17. The van der Waals surface area contributed by atoms with E-state index in [-0.39, 0.29) is 5.91 Å². The molecule has 1 heterocycles. The topological polar surface area (TPSA) is 49.3 Å². The first-order chi connectivity index (χ1) is 9.19. The summed E-state index contributed by atoms with van der Waals surface area (Å²) in [5.41, 5.74) is 0.235. The molecule has 3 unspecified atom stereocenters. The third kappa shape index (κ3) is 2.79. The van der Waals surface area contributed by atoms with Crippen LogP contribution in [0.15, 0.2) is 30.3 Å². The fourth-order valence-electron chi connectivity index (χ4n) is 2.70. The molecular formula is C15H19NO2S. The maximum absolute atomic E-state index is 12.0. The van der Waals surface area contributed by atoms with E-state index in [9.17, 15) is 9.90 Å². The van der Waals surface area contributed by atoms with Gasteiger partial charge in [0.2, 0.25) is 0 Å². The SMILES string of the molecule is O=C(NCC1CC1c1ccccc1)C1(O)CCSC1. The minimum Gasteiger partial charge on any atom is -0.379 e. The molecule has 102 valence electrons. The maximum Gasteiger partial charge on any atom is 0.252 e. The van der Waals surface area contributed by atoms with E-state index in [2.05, 4.69) is 29.6 Å². The number of hydrogen-bond donors (Lipinski definition) is 2. The molecule has 1 aliphatic heterocycles. The van der Waals surface area contributed by atoms with E-state index in [1.807, 2.05) is 6.07 Å². The molecule has 2 N–H and O–H groups in total. The third-order valence-corrected chi connectivity index (χ3v) is 5.27. The molecule has 0 spiro atoms. The van der Waals surface area contributed by atoms with E-state index in [0.717, 1.165) is 12.2 Å². The summed E-state index contributed by atoms with van der Waals surface area (Å²) in [6, 6.07) is 10.4. The molecule has 4 heteroatoms. The fourth-order valence-corrected chi connectivity index (χ4v) is 3.94. The van der Waals surface area contributed by atoms with Crippen molar-refractivity contribution >= 4 is 17.7 Å². The number of amides is 1. The number of thioether (sulfide) groups is 1. The van der Waals surface area contributed by atoms with Crippen molar-refractivity contribution in [1.82, 2.24) is 5.32 Å². The summed E-state index contributed by atoms with van der Waals surface area (Å²) in [7, 11) is 0. The lowest BCUT2D eigenvalue weighted by Crippen LogP contribution is -2.47. The zero-order valence-corrected chi connectivity index (χ0v) is 11.7. The Morgan fingerprint density at radius 1 is 1.42 bits per heavy atom. The summed E-state index contributed by atoms with van der Waals surface area (Å²) in [6.45, 7) is 0.686. The second-order valence-corrected chi connectivity index (χ2v) is 6.66. The summed E-state index contributed by atoms with van der Waals surface area (Å²) in [4.78, 5) is 12.0. The molecule has 0 radical (unpaired) electrons. The Balaban J connectivity index is 1.48. The van der Waals surface area contributed by atoms with Crippen molar-refractivity contribution in [1.29, 1.82) is 0 Å². The molecule has 3 nitrogen and oxygen atoms in total. The van der Waals surface area contributed by atoms with Crippen LogP contribution in [0.2, 0.25) is 0 Å². The van der Waals surface area contributed by atoms with Crippen LogP contribution < -0.4 is 5.32 Å². The van der Waals surface area contributed by atoms with Crippen LogP contribution in [0, 0.1) is 5.92 Å². The third-order valence-electron chi connectivity index (χ3n) is 4.10. The maximum atomic E-state index is 12.0. The number of hydrogen-bond acceptors (Lipinski definition) is 3. The minimum atomic E-state index is -1.12. The molecule has 1 aliphatic carbocycles. The van der Waals surface area contributed by atoms with Crippen LogP contribution in [0.3, 0.4) is 0 Å². The van der Waals surface area contributed by atoms with Crippen molar-refractivity contribution in [2.45, 2.75) is 24.4 Å². The van der Waals surface area contributed by atoms with Gasteiger partial charge in [-0.25, -0.2) is 0 Å². The second-order valence-electron chi connectivity index (χ2n) is 5.56. The predicted molar refractivity (Wildman–Crippen MR) is 77.2 cm³/mol. The van der Waals surface area contributed by atoms with E-state index in [1.54, 1.807) is 11.8 Å². The molecule has 1 amide bonds. The van der Waals surface area contributed by atoms with Gasteiger partial charge in [0.25, 0.3) is 5.91 Å². The van der Waals surface area contributed by atoms with Gasteiger partial charge in [0, 0.05) is 12.3 Å². The summed E-state index contributed by atoms with van der Waals surface area (Å²) >= 11 is 1.65. The van der Waals surface area contributed by atoms with Gasteiger partial charge in [0.15, 0.2) is 5.60 Å². The minimum absolute atomic E-state index is 0.184. The highest BCUT2D eigenvalue weighted by molar-refractivity contribution is 7.99. The number of aliphatic hydroxyl groups is 1. The number of carbonyl (C=O) groups is 1. The van der Waals surface area contributed by atoms with Gasteiger partial charge < -0.3 is 10.4 Å². The predicted octanol–water partition coefficient (Wildman–Crippen LogP) is 1.77. The summed E-state index contributed by atoms with van der Waals surface area (Å²) in [6.07, 6.45) is 1.72. The molecule has 1 saturated carbocycles. The molecule has 0 aromatic heterocycles. The smallest absolute Gasteiger partial charge is 0.252 e. The molecule has 3 rings (SSSR count). The first-order valence-electron chi connectivity index (χ1n) is 6.82. The summed E-state index contributed by atoms with van der Waals surface area (Å²) in [5, 5.41) is 13.1. The highest BCUT2D eigenvalue weighted by Crippen LogP contribution is 2.46. The van der Waals surface area contributed by atoms with Gasteiger partial charge in [-0.05, 0) is 36.0 Å². The van der Waals surface area contributed by atoms with Gasteiger partial charge in [0.05, 0.1) is 0 Å². The molecular weight excluding hydrogens is 258 g/mol. The lowest BCUT2D eigenvalue weighted by atomic mass is 10.0. The van der Waals surface area contributed by atoms with Crippen LogP contribution in [0.5, 0.6) is 0 Å². The standard InChI is InChI=1S/C15H19NO2S/c17-14(15(18)6-7-19-10-15)16-9-12-8-13(12)11-4-2-1-3-5-11/h1-5,12-13,18H,6-10H2,(H,16,17). The van der Waals surface area contributed by atoms with Crippen LogP contribution in [-0.2, 0) is 4.79 Å². The lowest BCUT2D eigenvalue weighted by molar-refractivity contribution is -0.137. The van der Waals surface area contributed by atoms with E-state index >= 15 is 0 Å². The lowest BCUT2D eigenvalue weighted by Gasteiger charge is -2.20. The first kappa shape index (κ1) is 13.0. The molecule has 2 fully saturated rings. The largest absolute Gasteiger partial charge is 0.379 e. The Kier molecular flexibility index (Phi) is 3.54. The first-order valence-corrected chi connectivity index (χ1v) is 7.98. The van der Waals surface area contributed by atoms with Crippen molar-refractivity contribution in [2.75, 3.05) is 18.1 Å². The van der Waals surface area contributed by atoms with Crippen LogP contribution in [0.1, 0.15) is 24.3 Å². The van der Waals surface area contributed by atoms with E-state index in [0.29, 0.717) is 30.6 Å². The van der Waals surface area contributed by atoms with E-state index < -0.39 is 5.60 Å². The quantitative estimate of drug-likeness (QED) is 0.882. The zero-order valence-electron chi connectivity index (χ0n) is 10.8. The molecule has 0 bridgehead atoms. The number of carbonyl (C=O) groups excluding carboxylic acids is 1. The van der Waals surface area contributed by atoms with Crippen molar-refractivity contribution < 1.29 is 9.90 Å². The Labute approximate surface area is 117 Å². The van der Waals surface area contributed by atoms with Crippen molar-refractivity contribution in [3.05, 3.63) is 35.9 Å². The van der Waals surface area contributed by atoms with Gasteiger partial charge >= 0.3 is 0 Å². The fraction of sp³-hybridized carbons (Fsp3) is 0.533. The summed E-state index contributed by atoms with van der Waals surface area (Å²) < 4.78 is 0. The highest BCUT2D eigenvalue weighted by atomic mass is 32.2. The van der Waals surface area contributed by atoms with Gasteiger partial charge in [-0.3, -0.25) is 4.79 Å². The van der Waals surface area contributed by atoms with Crippen LogP contribution >= 0.6 is 11.8 Å². The number of rotatable bonds is 4. The Morgan fingerprint density at radius 2 is 2.21 bits per heavy atom. The molecule has 1 saturated heterocycles. The highest BCUT2D eigenvalue weighted by Gasteiger charge is 2.42. The number of benzene rings is 1. The Hall–Kier alpha value is -1.00. The van der Waals surface area contributed by atoms with Gasteiger partial charge in [-0.1, -0.05) is 30.3 Å². The normalized spacial score (nSPS) is 33.1. The summed E-state index contributed by atoms with van der Waals surface area (Å²) in [5.74, 6) is 2.33. The molecule has 1 aromatic carbocycles.